The number of nitrogens with zero attached hydrogens (tertiary/aromatic N) is 1. The molecule has 0 saturated carbocycles. The lowest BCUT2D eigenvalue weighted by atomic mass is 9.81. The van der Waals surface area contributed by atoms with Crippen LogP contribution >= 0.6 is 0 Å². The van der Waals surface area contributed by atoms with E-state index in [-0.39, 0.29) is 0 Å². The van der Waals surface area contributed by atoms with Gasteiger partial charge in [0, 0.05) is 25.3 Å². The third-order valence-corrected chi connectivity index (χ3v) is 4.76. The summed E-state index contributed by atoms with van der Waals surface area (Å²) < 4.78 is 0. The van der Waals surface area contributed by atoms with Gasteiger partial charge in [-0.1, -0.05) is 39.0 Å². The third-order valence-electron chi connectivity index (χ3n) is 4.76. The van der Waals surface area contributed by atoms with Crippen LogP contribution in [0.5, 0.6) is 0 Å². The Morgan fingerprint density at radius 3 is 2.58 bits per heavy atom. The second-order valence-corrected chi connectivity index (χ2v) is 5.79. The topological polar surface area (TPSA) is 15.3 Å². The molecule has 1 N–H and O–H groups in total. The van der Waals surface area contributed by atoms with Crippen molar-refractivity contribution in [2.75, 3.05) is 31.1 Å². The van der Waals surface area contributed by atoms with Gasteiger partial charge in [0.2, 0.25) is 0 Å². The molecule has 0 radical (unpaired) electrons. The number of hydrogen-bond donors (Lipinski definition) is 1. The summed E-state index contributed by atoms with van der Waals surface area (Å²) in [6.45, 7) is 11.4. The molecule has 2 heteroatoms. The molecule has 1 aromatic rings. The molecule has 0 fully saturated rings. The van der Waals surface area contributed by atoms with Crippen LogP contribution in [0.15, 0.2) is 24.3 Å². The standard InChI is InChI=1S/C17H28N2/c1-4-17(5-2,13-18-6-3)14-19-12-11-15-9-7-8-10-16(15)19/h7-10,18H,4-6,11-14H2,1-3H3. The van der Waals surface area contributed by atoms with E-state index >= 15 is 0 Å². The van der Waals surface area contributed by atoms with Crippen LogP contribution < -0.4 is 10.2 Å². The lowest BCUT2D eigenvalue weighted by Crippen LogP contribution is -2.43. The molecule has 1 aliphatic heterocycles. The highest BCUT2D eigenvalue weighted by atomic mass is 15.2. The lowest BCUT2D eigenvalue weighted by molar-refractivity contribution is 0.256. The monoisotopic (exact) mass is 260 g/mol. The van der Waals surface area contributed by atoms with E-state index in [9.17, 15) is 0 Å². The van der Waals surface area contributed by atoms with Crippen molar-refractivity contribution in [1.29, 1.82) is 0 Å². The highest BCUT2D eigenvalue weighted by Crippen LogP contribution is 2.34. The van der Waals surface area contributed by atoms with Gasteiger partial charge in [-0.25, -0.2) is 0 Å². The first-order chi connectivity index (χ1) is 9.24. The summed E-state index contributed by atoms with van der Waals surface area (Å²) in [7, 11) is 0. The van der Waals surface area contributed by atoms with Gasteiger partial charge < -0.3 is 10.2 Å². The molecule has 0 atom stereocenters. The highest BCUT2D eigenvalue weighted by Gasteiger charge is 2.30. The van der Waals surface area contributed by atoms with E-state index in [0.717, 1.165) is 13.1 Å². The summed E-state index contributed by atoms with van der Waals surface area (Å²) in [4.78, 5) is 2.60. The van der Waals surface area contributed by atoms with E-state index in [1.54, 1.807) is 0 Å². The number of para-hydroxylation sites is 1. The molecule has 0 spiro atoms. The van der Waals surface area contributed by atoms with Crippen molar-refractivity contribution < 1.29 is 0 Å². The number of anilines is 1. The molecule has 0 bridgehead atoms. The molecule has 2 nitrogen and oxygen atoms in total. The third kappa shape index (κ3) is 3.11. The number of hydrogen-bond acceptors (Lipinski definition) is 2. The van der Waals surface area contributed by atoms with Gasteiger partial charge in [-0.3, -0.25) is 0 Å². The van der Waals surface area contributed by atoms with Gasteiger partial charge >= 0.3 is 0 Å². The predicted molar refractivity (Wildman–Crippen MR) is 83.9 cm³/mol. The summed E-state index contributed by atoms with van der Waals surface area (Å²) in [6, 6.07) is 8.89. The SMILES string of the molecule is CCNCC(CC)(CC)CN1CCc2ccccc21. The van der Waals surface area contributed by atoms with Gasteiger partial charge in [-0.05, 0) is 42.9 Å². The van der Waals surface area contributed by atoms with Crippen LogP contribution in [-0.4, -0.2) is 26.2 Å². The summed E-state index contributed by atoms with van der Waals surface area (Å²) in [5.74, 6) is 0. The summed E-state index contributed by atoms with van der Waals surface area (Å²) in [5, 5.41) is 3.56. The summed E-state index contributed by atoms with van der Waals surface area (Å²) in [6.07, 6.45) is 3.70. The zero-order valence-electron chi connectivity index (χ0n) is 12.7. The highest BCUT2D eigenvalue weighted by molar-refractivity contribution is 5.57. The van der Waals surface area contributed by atoms with Gasteiger partial charge in [-0.15, -0.1) is 0 Å². The van der Waals surface area contributed by atoms with Gasteiger partial charge in [0.25, 0.3) is 0 Å². The quantitative estimate of drug-likeness (QED) is 0.807. The normalized spacial score (nSPS) is 14.8. The minimum atomic E-state index is 0.410. The fraction of sp³-hybridized carbons (Fsp3) is 0.647. The van der Waals surface area contributed by atoms with Crippen LogP contribution in [0.2, 0.25) is 0 Å². The van der Waals surface area contributed by atoms with Crippen molar-refractivity contribution in [2.24, 2.45) is 5.41 Å². The van der Waals surface area contributed by atoms with Crippen molar-refractivity contribution in [3.8, 4) is 0 Å². The number of nitrogens with one attached hydrogen (secondary N) is 1. The van der Waals surface area contributed by atoms with Gasteiger partial charge in [0.1, 0.15) is 0 Å². The average Bonchev–Trinajstić information content (AvgIpc) is 2.87. The van der Waals surface area contributed by atoms with E-state index in [1.165, 1.54) is 43.6 Å². The number of fused-ring (bicyclic) bond motifs is 1. The molecule has 106 valence electrons. The molecule has 19 heavy (non-hydrogen) atoms. The van der Waals surface area contributed by atoms with Crippen LogP contribution in [0, 0.1) is 5.41 Å². The van der Waals surface area contributed by atoms with E-state index in [0.29, 0.717) is 5.41 Å². The molecule has 2 rings (SSSR count). The smallest absolute Gasteiger partial charge is 0.0399 e. The molecule has 1 aliphatic rings. The molecule has 0 aliphatic carbocycles. The predicted octanol–water partition coefficient (Wildman–Crippen LogP) is 3.47. The minimum absolute atomic E-state index is 0.410. The van der Waals surface area contributed by atoms with Crippen LogP contribution in [0.4, 0.5) is 5.69 Å². The number of rotatable bonds is 7. The summed E-state index contributed by atoms with van der Waals surface area (Å²) in [5.41, 5.74) is 3.39. The molecule has 1 heterocycles. The van der Waals surface area contributed by atoms with E-state index in [1.807, 2.05) is 0 Å². The average molecular weight is 260 g/mol. The van der Waals surface area contributed by atoms with Gasteiger partial charge in [0.05, 0.1) is 0 Å². The van der Waals surface area contributed by atoms with Crippen molar-refractivity contribution in [1.82, 2.24) is 5.32 Å². The first-order valence-corrected chi connectivity index (χ1v) is 7.78. The van der Waals surface area contributed by atoms with E-state index in [4.69, 9.17) is 0 Å². The largest absolute Gasteiger partial charge is 0.370 e. The van der Waals surface area contributed by atoms with Crippen molar-refractivity contribution >= 4 is 5.69 Å². The van der Waals surface area contributed by atoms with E-state index < -0.39 is 0 Å². The minimum Gasteiger partial charge on any atom is -0.370 e. The second kappa shape index (κ2) is 6.42. The lowest BCUT2D eigenvalue weighted by Gasteiger charge is -2.37. The molecule has 1 aromatic carbocycles. The van der Waals surface area contributed by atoms with Crippen molar-refractivity contribution in [3.63, 3.8) is 0 Å². The Bertz CT molecular complexity index is 396. The van der Waals surface area contributed by atoms with Crippen molar-refractivity contribution in [2.45, 2.75) is 40.0 Å². The summed E-state index contributed by atoms with van der Waals surface area (Å²) >= 11 is 0. The molecule has 0 saturated heterocycles. The second-order valence-electron chi connectivity index (χ2n) is 5.79. The molecule has 0 unspecified atom stereocenters. The van der Waals surface area contributed by atoms with E-state index in [2.05, 4.69) is 55.3 Å². The van der Waals surface area contributed by atoms with Gasteiger partial charge in [0.15, 0.2) is 0 Å². The maximum atomic E-state index is 3.56. The van der Waals surface area contributed by atoms with Crippen molar-refractivity contribution in [3.05, 3.63) is 29.8 Å². The van der Waals surface area contributed by atoms with Gasteiger partial charge in [-0.2, -0.15) is 0 Å². The Balaban J connectivity index is 2.10. The molecular formula is C17H28N2. The Morgan fingerprint density at radius 2 is 1.89 bits per heavy atom. The zero-order valence-corrected chi connectivity index (χ0v) is 12.7. The molecule has 0 amide bonds. The molecular weight excluding hydrogens is 232 g/mol. The first kappa shape index (κ1) is 14.4. The Labute approximate surface area is 118 Å². The van der Waals surface area contributed by atoms with Crippen LogP contribution in [0.25, 0.3) is 0 Å². The first-order valence-electron chi connectivity index (χ1n) is 7.78. The number of benzene rings is 1. The molecule has 0 aromatic heterocycles. The Kier molecular flexibility index (Phi) is 4.87. The maximum Gasteiger partial charge on any atom is 0.0399 e. The Hall–Kier alpha value is -1.02. The van der Waals surface area contributed by atoms with Crippen LogP contribution in [0.1, 0.15) is 39.2 Å². The van der Waals surface area contributed by atoms with Crippen LogP contribution in [0.3, 0.4) is 0 Å². The zero-order chi connectivity index (χ0) is 13.7. The fourth-order valence-corrected chi connectivity index (χ4v) is 3.15. The maximum absolute atomic E-state index is 3.56. The fourth-order valence-electron chi connectivity index (χ4n) is 3.15. The van der Waals surface area contributed by atoms with Crippen LogP contribution in [-0.2, 0) is 6.42 Å². The Morgan fingerprint density at radius 1 is 1.16 bits per heavy atom.